The third-order valence-corrected chi connectivity index (χ3v) is 2.92. The molecule has 1 aliphatic rings. The van der Waals surface area contributed by atoms with E-state index in [9.17, 15) is 0 Å². The highest BCUT2D eigenvalue weighted by Gasteiger charge is 2.29. The molecule has 1 fully saturated rings. The second-order valence-electron chi connectivity index (χ2n) is 4.16. The second-order valence-corrected chi connectivity index (χ2v) is 5.32. The highest BCUT2D eigenvalue weighted by atomic mass is 32.2. The monoisotopic (exact) mass is 229 g/mol. The number of hydrogen-bond donors (Lipinski definition) is 1. The van der Waals surface area contributed by atoms with Gasteiger partial charge in [0.2, 0.25) is 0 Å². The number of thioether (sulfide) groups is 1. The highest BCUT2D eigenvalue weighted by molar-refractivity contribution is 8.05. The maximum atomic E-state index is 5.92. The lowest BCUT2D eigenvalue weighted by atomic mass is 10.1. The van der Waals surface area contributed by atoms with Gasteiger partial charge in [-0.15, -0.1) is 11.8 Å². The van der Waals surface area contributed by atoms with Crippen molar-refractivity contribution in [2.75, 3.05) is 13.2 Å². The van der Waals surface area contributed by atoms with Gasteiger partial charge < -0.3 is 15.2 Å². The Kier molecular flexibility index (Phi) is 4.25. The van der Waals surface area contributed by atoms with E-state index in [-0.39, 0.29) is 5.92 Å². The predicted molar refractivity (Wildman–Crippen MR) is 64.1 cm³/mol. The van der Waals surface area contributed by atoms with Crippen molar-refractivity contribution in [3.8, 4) is 0 Å². The van der Waals surface area contributed by atoms with Crippen LogP contribution in [0.3, 0.4) is 0 Å². The Bertz CT molecular complexity index is 264. The lowest BCUT2D eigenvalue weighted by molar-refractivity contribution is -0.257. The molecule has 0 saturated carbocycles. The molecule has 4 heteroatoms. The molecule has 1 aliphatic heterocycles. The van der Waals surface area contributed by atoms with Crippen LogP contribution < -0.4 is 5.73 Å². The van der Waals surface area contributed by atoms with Gasteiger partial charge in [0.05, 0.1) is 13.2 Å². The van der Waals surface area contributed by atoms with Crippen LogP contribution in [0.25, 0.3) is 0 Å². The topological polar surface area (TPSA) is 44.5 Å². The molecule has 0 spiro atoms. The molecule has 15 heavy (non-hydrogen) atoms. The van der Waals surface area contributed by atoms with Gasteiger partial charge in [-0.05, 0) is 31.1 Å². The van der Waals surface area contributed by atoms with Gasteiger partial charge in [-0.25, -0.2) is 0 Å². The smallest absolute Gasteiger partial charge is 0.162 e. The summed E-state index contributed by atoms with van der Waals surface area (Å²) < 4.78 is 11.1. The normalized spacial score (nSPS) is 22.7. The van der Waals surface area contributed by atoms with E-state index in [0.717, 1.165) is 10.6 Å². The molecule has 1 heterocycles. The van der Waals surface area contributed by atoms with Crippen molar-refractivity contribution in [2.45, 2.75) is 26.6 Å². The summed E-state index contributed by atoms with van der Waals surface area (Å²) in [5.41, 5.74) is 6.73. The van der Waals surface area contributed by atoms with Crippen LogP contribution in [0.4, 0.5) is 0 Å². The molecule has 3 nitrogen and oxygen atoms in total. The zero-order chi connectivity index (χ0) is 11.5. The zero-order valence-corrected chi connectivity index (χ0v) is 10.4. The summed E-state index contributed by atoms with van der Waals surface area (Å²) in [5, 5.41) is 1.91. The lowest BCUT2D eigenvalue weighted by Gasteiger charge is -2.35. The number of allylic oxidation sites excluding steroid dienone is 1. The molecular formula is C11H19NO2S. The largest absolute Gasteiger partial charge is 0.401 e. The van der Waals surface area contributed by atoms with Gasteiger partial charge in [-0.3, -0.25) is 0 Å². The predicted octanol–water partition coefficient (Wildman–Crippen LogP) is 2.45. The van der Waals surface area contributed by atoms with E-state index in [2.05, 4.69) is 6.58 Å². The van der Waals surface area contributed by atoms with Gasteiger partial charge >= 0.3 is 0 Å². The number of nitrogens with two attached hydrogens (primary N) is 1. The average molecular weight is 229 g/mol. The van der Waals surface area contributed by atoms with E-state index in [1.54, 1.807) is 11.8 Å². The molecule has 2 N–H and O–H groups in total. The minimum absolute atomic E-state index is 0.157. The molecule has 0 aromatic rings. The fourth-order valence-corrected chi connectivity index (χ4v) is 1.68. The summed E-state index contributed by atoms with van der Waals surface area (Å²) >= 11 is 1.54. The summed E-state index contributed by atoms with van der Waals surface area (Å²) in [7, 11) is 0. The number of ether oxygens (including phenoxy) is 2. The Morgan fingerprint density at radius 2 is 2.00 bits per heavy atom. The molecule has 86 valence electrons. The highest BCUT2D eigenvalue weighted by Crippen LogP contribution is 2.25. The van der Waals surface area contributed by atoms with Crippen LogP contribution in [-0.2, 0) is 9.47 Å². The number of hydrogen-bond acceptors (Lipinski definition) is 4. The number of rotatable bonds is 3. The van der Waals surface area contributed by atoms with Crippen molar-refractivity contribution >= 4 is 11.8 Å². The average Bonchev–Trinajstić information content (AvgIpc) is 2.14. The van der Waals surface area contributed by atoms with E-state index < -0.39 is 5.79 Å². The molecular weight excluding hydrogens is 210 g/mol. The van der Waals surface area contributed by atoms with Gasteiger partial charge in [-0.2, -0.15) is 0 Å². The summed E-state index contributed by atoms with van der Waals surface area (Å²) in [4.78, 5) is 1.02. The minimum atomic E-state index is -0.474. The van der Waals surface area contributed by atoms with E-state index in [0.29, 0.717) is 13.2 Å². The Balaban J connectivity index is 2.46. The molecule has 0 atom stereocenters. The fourth-order valence-electron chi connectivity index (χ4n) is 1.15. The fraction of sp³-hybridized carbons (Fsp3) is 0.636. The first-order chi connectivity index (χ1) is 6.91. The van der Waals surface area contributed by atoms with Crippen LogP contribution in [-0.4, -0.2) is 19.0 Å². The van der Waals surface area contributed by atoms with E-state index in [1.807, 2.05) is 26.2 Å². The molecule has 0 aromatic heterocycles. The Hall–Kier alpha value is -0.450. The Morgan fingerprint density at radius 3 is 2.47 bits per heavy atom. The third-order valence-electron chi connectivity index (χ3n) is 2.13. The molecule has 1 rings (SSSR count). The standard InChI is InChI=1S/C11H19NO2S/c1-8(2)15-7-10(12)9-5-13-11(3,4)14-6-9/h7,9H,1,5-6,12H2,2-4H3/b10-7-. The second kappa shape index (κ2) is 5.05. The molecule has 1 saturated heterocycles. The molecule has 0 radical (unpaired) electrons. The van der Waals surface area contributed by atoms with E-state index >= 15 is 0 Å². The van der Waals surface area contributed by atoms with Crippen LogP contribution in [0.1, 0.15) is 20.8 Å². The minimum Gasteiger partial charge on any atom is -0.401 e. The Labute approximate surface area is 95.7 Å². The van der Waals surface area contributed by atoms with Crippen LogP contribution in [0.2, 0.25) is 0 Å². The molecule has 0 aliphatic carbocycles. The Morgan fingerprint density at radius 1 is 1.47 bits per heavy atom. The van der Waals surface area contributed by atoms with Crippen LogP contribution in [0.5, 0.6) is 0 Å². The van der Waals surface area contributed by atoms with Crippen molar-refractivity contribution < 1.29 is 9.47 Å². The SMILES string of the molecule is C=C(C)S/C=C(\N)C1COC(C)(C)OC1. The lowest BCUT2D eigenvalue weighted by Crippen LogP contribution is -2.40. The first-order valence-corrected chi connectivity index (χ1v) is 5.84. The van der Waals surface area contributed by atoms with Gasteiger partial charge in [0.25, 0.3) is 0 Å². The molecule has 0 unspecified atom stereocenters. The summed E-state index contributed by atoms with van der Waals surface area (Å²) in [6.07, 6.45) is 0. The van der Waals surface area contributed by atoms with E-state index in [4.69, 9.17) is 15.2 Å². The maximum Gasteiger partial charge on any atom is 0.162 e. The van der Waals surface area contributed by atoms with Crippen molar-refractivity contribution in [1.29, 1.82) is 0 Å². The van der Waals surface area contributed by atoms with Crippen molar-refractivity contribution in [3.05, 3.63) is 22.6 Å². The summed E-state index contributed by atoms with van der Waals surface area (Å²) in [5.74, 6) is -0.317. The zero-order valence-electron chi connectivity index (χ0n) is 9.58. The van der Waals surface area contributed by atoms with Gasteiger partial charge in [0.1, 0.15) is 0 Å². The van der Waals surface area contributed by atoms with Crippen molar-refractivity contribution in [2.24, 2.45) is 11.7 Å². The van der Waals surface area contributed by atoms with Gasteiger partial charge in [0, 0.05) is 11.6 Å². The quantitative estimate of drug-likeness (QED) is 0.807. The summed E-state index contributed by atoms with van der Waals surface area (Å²) in [6.45, 7) is 10.8. The van der Waals surface area contributed by atoms with Gasteiger partial charge in [0.15, 0.2) is 5.79 Å². The first kappa shape index (κ1) is 12.6. The van der Waals surface area contributed by atoms with Gasteiger partial charge in [-0.1, -0.05) is 6.58 Å². The first-order valence-electron chi connectivity index (χ1n) is 4.96. The van der Waals surface area contributed by atoms with Crippen LogP contribution in [0, 0.1) is 5.92 Å². The van der Waals surface area contributed by atoms with E-state index in [1.165, 1.54) is 0 Å². The molecule has 0 bridgehead atoms. The van der Waals surface area contributed by atoms with Crippen LogP contribution >= 0.6 is 11.8 Å². The third kappa shape index (κ3) is 4.28. The van der Waals surface area contributed by atoms with Crippen LogP contribution in [0.15, 0.2) is 22.6 Å². The molecule has 0 aromatic carbocycles. The maximum absolute atomic E-state index is 5.92. The molecule has 0 amide bonds. The summed E-state index contributed by atoms with van der Waals surface area (Å²) in [6, 6.07) is 0. The van der Waals surface area contributed by atoms with Crippen molar-refractivity contribution in [1.82, 2.24) is 0 Å². The van der Waals surface area contributed by atoms with Crippen molar-refractivity contribution in [3.63, 3.8) is 0 Å².